The molecule has 0 aliphatic carbocycles. The number of hydrogen-bond acceptors (Lipinski definition) is 1. The zero-order chi connectivity index (χ0) is 4.28. The van der Waals surface area contributed by atoms with Crippen molar-refractivity contribution >= 4 is 45.6 Å². The predicted molar refractivity (Wildman–Crippen MR) is 32.3 cm³/mol. The molecule has 0 aromatic carbocycles. The van der Waals surface area contributed by atoms with Crippen LogP contribution in [0.4, 0.5) is 0 Å². The van der Waals surface area contributed by atoms with E-state index in [4.69, 9.17) is 0 Å². The second kappa shape index (κ2) is 3.74. The summed E-state index contributed by atoms with van der Waals surface area (Å²) in [4.78, 5) is 0. The molecule has 0 saturated heterocycles. The van der Waals surface area contributed by atoms with Crippen LogP contribution in [0.3, 0.4) is 0 Å². The van der Waals surface area contributed by atoms with Crippen LogP contribution in [-0.2, 0) is 0 Å². The zero-order valence-electron chi connectivity index (χ0n) is 4.15. The molecular weight excluding hydrogens is 275 g/mol. The molecule has 0 atom stereocenters. The molecule has 0 heterocycles. The minimum atomic E-state index is 0.860. The summed E-state index contributed by atoms with van der Waals surface area (Å²) in [5.41, 5.74) is 0. The average Bonchev–Trinajstić information content (AvgIpc) is 1.38. The predicted octanol–water partition coefficient (Wildman–Crippen LogP) is -2.13. The van der Waals surface area contributed by atoms with E-state index in [1.54, 1.807) is 0 Å². The van der Waals surface area contributed by atoms with Crippen molar-refractivity contribution in [3.8, 4) is 0 Å². The topological polar surface area (TPSA) is 3.24 Å². The molecule has 32 valence electrons. The van der Waals surface area contributed by atoms with E-state index in [1.807, 2.05) is 0 Å². The molecule has 0 aromatic heterocycles. The standard InChI is InChI=1S/C2H5N.2Sn.6H/c1-2-3;;;;;;;;/h2H2,1H3;;;;;;;;. The van der Waals surface area contributed by atoms with Crippen LogP contribution in [0.1, 0.15) is 6.92 Å². The Labute approximate surface area is 60.0 Å². The van der Waals surface area contributed by atoms with Crippen molar-refractivity contribution in [1.29, 1.82) is 0 Å². The molecule has 0 bridgehead atoms. The number of rotatable bonds is 1. The van der Waals surface area contributed by atoms with E-state index in [9.17, 15) is 0 Å². The zero-order valence-corrected chi connectivity index (χ0v) is 15.6. The van der Waals surface area contributed by atoms with E-state index in [0.29, 0.717) is 0 Å². The van der Waals surface area contributed by atoms with E-state index in [-0.39, 0.29) is 0 Å². The van der Waals surface area contributed by atoms with E-state index < -0.39 is 0 Å². The van der Waals surface area contributed by atoms with Crippen LogP contribution in [0.5, 0.6) is 0 Å². The van der Waals surface area contributed by atoms with Gasteiger partial charge in [0.1, 0.15) is 0 Å². The number of nitrogens with zero attached hydrogens (tertiary/aromatic N) is 1. The van der Waals surface area contributed by atoms with Crippen LogP contribution >= 0.6 is 0 Å². The van der Waals surface area contributed by atoms with Crippen molar-refractivity contribution < 1.29 is 0 Å². The first kappa shape index (κ1) is 6.56. The van der Waals surface area contributed by atoms with Crippen LogP contribution in [0.2, 0.25) is 0 Å². The maximum atomic E-state index is 2.54. The SMILES string of the molecule is CC[N]([SnH3])[SnH3]. The molecule has 0 aromatic rings. The first-order valence-corrected chi connectivity index (χ1v) is 7.02. The van der Waals surface area contributed by atoms with Crippen molar-refractivity contribution in [1.82, 2.24) is 1.34 Å². The Bertz CT molecular complexity index is 21.6. The second-order valence-electron chi connectivity index (χ2n) is 1.40. The first-order valence-electron chi connectivity index (χ1n) is 1.92. The van der Waals surface area contributed by atoms with Crippen molar-refractivity contribution in [3.05, 3.63) is 0 Å². The third kappa shape index (κ3) is 5.56. The van der Waals surface area contributed by atoms with Gasteiger partial charge in [-0.05, 0) is 0 Å². The molecule has 0 fully saturated rings. The van der Waals surface area contributed by atoms with Crippen molar-refractivity contribution in [2.75, 3.05) is 6.54 Å². The van der Waals surface area contributed by atoms with Crippen LogP contribution < -0.4 is 0 Å². The van der Waals surface area contributed by atoms with Gasteiger partial charge >= 0.3 is 60.4 Å². The Morgan fingerprint density at radius 2 is 1.80 bits per heavy atom. The summed E-state index contributed by atoms with van der Waals surface area (Å²) in [6.45, 7) is 3.56. The quantitative estimate of drug-likeness (QED) is 0.498. The molecular formula is C2H11NSn2. The molecule has 0 spiro atoms. The molecule has 0 N–H and O–H groups in total. The summed E-state index contributed by atoms with van der Waals surface area (Å²) in [5.74, 6) is 0. The molecule has 1 nitrogen and oxygen atoms in total. The fourth-order valence-electron chi connectivity index (χ4n) is 0. The van der Waals surface area contributed by atoms with Gasteiger partial charge in [0.15, 0.2) is 0 Å². The Morgan fingerprint density at radius 1 is 1.60 bits per heavy atom. The van der Waals surface area contributed by atoms with Gasteiger partial charge in [0.25, 0.3) is 0 Å². The second-order valence-corrected chi connectivity index (χ2v) is 24.7. The summed E-state index contributed by atoms with van der Waals surface area (Å²) in [7, 11) is 0. The minimum absolute atomic E-state index is 0.860. The van der Waals surface area contributed by atoms with Crippen LogP contribution in [-0.4, -0.2) is 53.5 Å². The Morgan fingerprint density at radius 3 is 1.80 bits per heavy atom. The van der Waals surface area contributed by atoms with E-state index in [1.165, 1.54) is 6.54 Å². The summed E-state index contributed by atoms with van der Waals surface area (Å²) in [6, 6.07) is 0. The summed E-state index contributed by atoms with van der Waals surface area (Å²) < 4.78 is 2.54. The van der Waals surface area contributed by atoms with Gasteiger partial charge in [-0.1, -0.05) is 0 Å². The molecule has 0 aliphatic heterocycles. The Kier molecular flexibility index (Phi) is 4.90. The molecule has 0 radical (unpaired) electrons. The Hall–Kier alpha value is 1.56. The van der Waals surface area contributed by atoms with Gasteiger partial charge in [-0.15, -0.1) is 0 Å². The molecule has 5 heavy (non-hydrogen) atoms. The van der Waals surface area contributed by atoms with Gasteiger partial charge in [0.05, 0.1) is 0 Å². The molecule has 0 aliphatic rings. The van der Waals surface area contributed by atoms with Crippen LogP contribution in [0.25, 0.3) is 0 Å². The van der Waals surface area contributed by atoms with E-state index >= 15 is 0 Å². The van der Waals surface area contributed by atoms with Crippen molar-refractivity contribution in [2.45, 2.75) is 6.92 Å². The van der Waals surface area contributed by atoms with Gasteiger partial charge in [0, 0.05) is 0 Å². The van der Waals surface area contributed by atoms with E-state index in [2.05, 4.69) is 8.27 Å². The van der Waals surface area contributed by atoms with Crippen LogP contribution in [0, 0.1) is 0 Å². The molecule has 0 unspecified atom stereocenters. The Balaban J connectivity index is 2.54. The van der Waals surface area contributed by atoms with Gasteiger partial charge in [0.2, 0.25) is 0 Å². The van der Waals surface area contributed by atoms with Crippen molar-refractivity contribution in [2.24, 2.45) is 0 Å². The number of hydrogen-bond donors (Lipinski definition) is 0. The van der Waals surface area contributed by atoms with Gasteiger partial charge < -0.3 is 0 Å². The van der Waals surface area contributed by atoms with Crippen LogP contribution in [0.15, 0.2) is 0 Å². The summed E-state index contributed by atoms with van der Waals surface area (Å²) >= 11 is 1.72. The van der Waals surface area contributed by atoms with Gasteiger partial charge in [-0.2, -0.15) is 0 Å². The van der Waals surface area contributed by atoms with Crippen molar-refractivity contribution in [3.63, 3.8) is 0 Å². The third-order valence-electron chi connectivity index (χ3n) is 0.632. The first-order chi connectivity index (χ1) is 2.27. The normalized spacial score (nSPS) is 10.8. The molecule has 0 rings (SSSR count). The third-order valence-corrected chi connectivity index (χ3v) is 4.24. The van der Waals surface area contributed by atoms with E-state index in [0.717, 1.165) is 45.6 Å². The average molecular weight is 287 g/mol. The fourth-order valence-corrected chi connectivity index (χ4v) is 0. The summed E-state index contributed by atoms with van der Waals surface area (Å²) in [5, 5.41) is 0. The molecule has 0 saturated carbocycles. The summed E-state index contributed by atoms with van der Waals surface area (Å²) in [6.07, 6.45) is 0. The monoisotopic (exact) mass is 289 g/mol. The molecule has 0 amide bonds. The fraction of sp³-hybridized carbons (Fsp3) is 1.00. The maximum absolute atomic E-state index is 2.54. The van der Waals surface area contributed by atoms with Gasteiger partial charge in [-0.25, -0.2) is 0 Å². The van der Waals surface area contributed by atoms with Gasteiger partial charge in [-0.3, -0.25) is 0 Å². The molecule has 3 heteroatoms.